The third-order valence-electron chi connectivity index (χ3n) is 8.62. The molecule has 6 heteroatoms. The first kappa shape index (κ1) is 23.6. The second kappa shape index (κ2) is 15.1. The van der Waals surface area contributed by atoms with E-state index in [4.69, 9.17) is 21.2 Å². The molecule has 266 valence electrons. The number of benzene rings is 6. The van der Waals surface area contributed by atoms with Crippen LogP contribution >= 0.6 is 0 Å². The van der Waals surface area contributed by atoms with Crippen LogP contribution < -0.4 is 9.30 Å². The van der Waals surface area contributed by atoms with Gasteiger partial charge in [-0.1, -0.05) is 116 Å². The maximum atomic E-state index is 8.82. The van der Waals surface area contributed by atoms with Crippen LogP contribution in [0.2, 0.25) is 0 Å². The Hall–Kier alpha value is -6.03. The first-order chi connectivity index (χ1) is 31.0. The summed E-state index contributed by atoms with van der Waals surface area (Å²) in [5, 5.41) is 1.85. The average Bonchev–Trinajstić information content (AvgIpc) is 3.92. The molecule has 3 aromatic heterocycles. The van der Waals surface area contributed by atoms with E-state index in [1.165, 1.54) is 10.6 Å². The number of pyridine rings is 1. The Kier molecular flexibility index (Phi) is 6.61. The Labute approximate surface area is 346 Å². The maximum absolute atomic E-state index is 8.82. The summed E-state index contributed by atoms with van der Waals surface area (Å²) in [6.07, 6.45) is 6.44. The normalized spacial score (nSPS) is 14.6. The third kappa shape index (κ3) is 6.79. The number of hydrogen-bond donors (Lipinski definition) is 0. The van der Waals surface area contributed by atoms with Gasteiger partial charge in [0.05, 0.1) is 19.4 Å². The van der Waals surface area contributed by atoms with Gasteiger partial charge in [-0.15, -0.1) is 29.7 Å². The van der Waals surface area contributed by atoms with E-state index in [0.717, 1.165) is 16.3 Å². The van der Waals surface area contributed by atoms with Gasteiger partial charge in [-0.2, -0.15) is 18.2 Å². The number of fused-ring (bicyclic) bond motifs is 3. The topological polar surface area (TPSA) is 35.9 Å². The van der Waals surface area contributed by atoms with Crippen LogP contribution in [0.5, 0.6) is 11.5 Å². The van der Waals surface area contributed by atoms with Gasteiger partial charge in [0.2, 0.25) is 0 Å². The van der Waals surface area contributed by atoms with Crippen LogP contribution in [0, 0.1) is 24.4 Å². The molecule has 0 unspecified atom stereocenters. The van der Waals surface area contributed by atoms with Gasteiger partial charge >= 0.3 is 0 Å². The van der Waals surface area contributed by atoms with Crippen LogP contribution in [0.25, 0.3) is 61.3 Å². The van der Waals surface area contributed by atoms with E-state index in [1.807, 2.05) is 48.7 Å². The molecule has 0 spiro atoms. The van der Waals surface area contributed by atoms with Crippen LogP contribution in [-0.2, 0) is 27.4 Å². The Balaban J connectivity index is 0.00000592. The van der Waals surface area contributed by atoms with Crippen LogP contribution in [0.4, 0.5) is 0 Å². The van der Waals surface area contributed by atoms with Crippen LogP contribution in [0.3, 0.4) is 0 Å². The SMILES string of the molecule is [2H]c1c([2H])c([2H])c(-c2cccc(-c3c([2H])c([2H])c([2H])c([2H])c3[2H])c2-[n+]2[c-]n(-c3[c-]c(Oc4[c-]c5c(cc4)c4ccccc4n5-c4cc(C([2H])([2H])C(C)C)ccn4)ccc3)cc2)c([2H])c1[2H].[Pt]. The van der Waals surface area contributed by atoms with Crippen molar-refractivity contribution < 1.29 is 46.8 Å². The van der Waals surface area contributed by atoms with Crippen molar-refractivity contribution in [3.63, 3.8) is 0 Å². The molecule has 5 nitrogen and oxygen atoms in total. The molecule has 0 atom stereocenters. The van der Waals surface area contributed by atoms with Gasteiger partial charge in [0.1, 0.15) is 5.82 Å². The summed E-state index contributed by atoms with van der Waals surface area (Å²) >= 11 is 0. The predicted molar refractivity (Wildman–Crippen MR) is 212 cm³/mol. The maximum Gasteiger partial charge on any atom is 0.267 e. The zero-order chi connectivity index (χ0) is 46.2. The molecule has 0 saturated heterocycles. The molecule has 3 heterocycles. The van der Waals surface area contributed by atoms with Crippen molar-refractivity contribution in [2.24, 2.45) is 5.92 Å². The van der Waals surface area contributed by atoms with Gasteiger partial charge in [-0.05, 0) is 69.4 Å². The molecule has 6 aromatic carbocycles. The predicted octanol–water partition coefficient (Wildman–Crippen LogP) is 11.0. The second-order valence-electron chi connectivity index (χ2n) is 12.5. The van der Waals surface area contributed by atoms with Gasteiger partial charge in [-0.3, -0.25) is 4.57 Å². The van der Waals surface area contributed by atoms with E-state index < -0.39 is 66.8 Å². The first-order valence-electron chi connectivity index (χ1n) is 22.9. The fourth-order valence-corrected chi connectivity index (χ4v) is 6.44. The largest absolute Gasteiger partial charge is 0.510 e. The molecule has 0 aliphatic heterocycles. The molecule has 9 aromatic rings. The molecule has 54 heavy (non-hydrogen) atoms. The summed E-state index contributed by atoms with van der Waals surface area (Å²) < 4.78 is 114. The smallest absolute Gasteiger partial charge is 0.267 e. The van der Waals surface area contributed by atoms with Crippen LogP contribution in [0.15, 0.2) is 164 Å². The average molecular weight is 892 g/mol. The zero-order valence-electron chi connectivity index (χ0n) is 40.9. The molecule has 0 N–H and O–H groups in total. The van der Waals surface area contributed by atoms with Gasteiger partial charge in [0.25, 0.3) is 6.33 Å². The number of para-hydroxylation sites is 2. The molecular weight excluding hydrogens is 844 g/mol. The number of hydrogen-bond acceptors (Lipinski definition) is 2. The number of imidazole rings is 1. The van der Waals surface area contributed by atoms with E-state index in [0.29, 0.717) is 34.1 Å². The number of aromatic nitrogens is 4. The van der Waals surface area contributed by atoms with Crippen molar-refractivity contribution in [2.75, 3.05) is 0 Å². The molecular formula is C48H36N4OPt-2. The molecule has 0 aliphatic carbocycles. The Morgan fingerprint density at radius 1 is 0.778 bits per heavy atom. The molecule has 0 fully saturated rings. The van der Waals surface area contributed by atoms with Crippen LogP contribution in [0.1, 0.15) is 35.9 Å². The fraction of sp³-hybridized carbons (Fsp3) is 0.0833. The summed E-state index contributed by atoms with van der Waals surface area (Å²) in [7, 11) is 0. The van der Waals surface area contributed by atoms with E-state index in [-0.39, 0.29) is 54.9 Å². The second-order valence-corrected chi connectivity index (χ2v) is 12.5. The molecule has 0 amide bonds. The Morgan fingerprint density at radius 3 is 2.22 bits per heavy atom. The van der Waals surface area contributed by atoms with Crippen molar-refractivity contribution in [1.29, 1.82) is 0 Å². The van der Waals surface area contributed by atoms with Gasteiger partial charge < -0.3 is 13.9 Å². The first-order valence-corrected chi connectivity index (χ1v) is 16.9. The minimum atomic E-state index is -1.59. The number of nitrogens with zero attached hydrogens (tertiary/aromatic N) is 4. The summed E-state index contributed by atoms with van der Waals surface area (Å²) in [6, 6.07) is 26.2. The minimum Gasteiger partial charge on any atom is -0.510 e. The summed E-state index contributed by atoms with van der Waals surface area (Å²) in [5.41, 5.74) is 2.61. The van der Waals surface area contributed by atoms with Crippen molar-refractivity contribution in [3.05, 3.63) is 188 Å². The van der Waals surface area contributed by atoms with Crippen molar-refractivity contribution >= 4 is 21.8 Å². The van der Waals surface area contributed by atoms with Gasteiger partial charge in [-0.25, -0.2) is 4.98 Å². The monoisotopic (exact) mass is 891 g/mol. The van der Waals surface area contributed by atoms with E-state index in [9.17, 15) is 0 Å². The van der Waals surface area contributed by atoms with Crippen molar-refractivity contribution in [3.8, 4) is 50.9 Å². The molecule has 0 bridgehead atoms. The van der Waals surface area contributed by atoms with Gasteiger partial charge in [0.15, 0.2) is 0 Å². The molecule has 0 radical (unpaired) electrons. The standard InChI is InChI=1S/C48H36N4O.Pt/c1-34(2)29-35-25-26-49-47(30-35)52-45-22-10-9-19-43(45)44-24-23-40(32-46(44)52)53-39-18-11-17-38(31-39)50-27-28-51(33-50)48-41(36-13-5-3-6-14-36)20-12-21-42(48)37-15-7-4-8-16-37;/h3-28,30,34H,29H2,1-2H3;/q-2;/i3D,4D,5D,6D,7D,8D,13D,14D,15D,16D,29D2;. The zero-order valence-corrected chi connectivity index (χ0v) is 31.2. The van der Waals surface area contributed by atoms with E-state index in [2.05, 4.69) is 23.4 Å². The minimum absolute atomic E-state index is 0. The van der Waals surface area contributed by atoms with Gasteiger partial charge in [0, 0.05) is 59.4 Å². The Morgan fingerprint density at radius 2 is 1.48 bits per heavy atom. The van der Waals surface area contributed by atoms with E-state index in [1.54, 1.807) is 71.7 Å². The number of ether oxygens (including phenoxy) is 1. The Bertz CT molecular complexity index is 3260. The summed E-state index contributed by atoms with van der Waals surface area (Å²) in [6.45, 7) is 3.68. The molecule has 0 aliphatic rings. The van der Waals surface area contributed by atoms with E-state index >= 15 is 0 Å². The molecule has 0 saturated carbocycles. The van der Waals surface area contributed by atoms with Crippen molar-refractivity contribution in [1.82, 2.24) is 14.1 Å². The molecule has 9 rings (SSSR count). The van der Waals surface area contributed by atoms with Crippen molar-refractivity contribution in [2.45, 2.75) is 20.2 Å². The third-order valence-corrected chi connectivity index (χ3v) is 8.62. The summed E-state index contributed by atoms with van der Waals surface area (Å²) in [5.74, 6) is 0.940. The fourth-order valence-electron chi connectivity index (χ4n) is 6.44. The van der Waals surface area contributed by atoms with Crippen LogP contribution in [-0.4, -0.2) is 14.1 Å². The summed E-state index contributed by atoms with van der Waals surface area (Å²) in [4.78, 5) is 4.66. The quantitative estimate of drug-likeness (QED) is 0.107. The number of rotatable bonds is 9.